The zero-order valence-corrected chi connectivity index (χ0v) is 17.5. The van der Waals surface area contributed by atoms with E-state index in [1.165, 1.54) is 0 Å². The molecule has 1 aromatic carbocycles. The lowest BCUT2D eigenvalue weighted by Crippen LogP contribution is -2.29. The first-order chi connectivity index (χ1) is 13.4. The van der Waals surface area contributed by atoms with Crippen molar-refractivity contribution in [2.75, 3.05) is 23.7 Å². The minimum atomic E-state index is -3.58. The summed E-state index contributed by atoms with van der Waals surface area (Å²) in [6.07, 6.45) is 1.76. The van der Waals surface area contributed by atoms with Gasteiger partial charge in [0.05, 0.1) is 4.90 Å². The lowest BCUT2D eigenvalue weighted by Gasteiger charge is -2.09. The number of nitrogens with one attached hydrogen (secondary N) is 3. The van der Waals surface area contributed by atoms with E-state index in [4.69, 9.17) is 0 Å². The molecule has 0 spiro atoms. The molecule has 0 saturated heterocycles. The Bertz CT molecular complexity index is 1030. The van der Waals surface area contributed by atoms with Crippen molar-refractivity contribution in [3.05, 3.63) is 64.8 Å². The monoisotopic (exact) mass is 462 g/mol. The molecule has 0 bridgehead atoms. The van der Waals surface area contributed by atoms with Crippen LogP contribution >= 0.6 is 15.9 Å². The maximum atomic E-state index is 12.3. The van der Waals surface area contributed by atoms with E-state index in [1.54, 1.807) is 42.6 Å². The van der Waals surface area contributed by atoms with E-state index in [9.17, 15) is 8.42 Å². The van der Waals surface area contributed by atoms with E-state index in [0.29, 0.717) is 28.5 Å². The van der Waals surface area contributed by atoms with Crippen LogP contribution in [-0.4, -0.2) is 36.7 Å². The number of nitrogens with zero attached hydrogens (tertiary/aromatic N) is 3. The Morgan fingerprint density at radius 3 is 2.32 bits per heavy atom. The number of sulfonamides is 1. The number of aryl methyl sites for hydroxylation is 1. The highest BCUT2D eigenvalue weighted by Crippen LogP contribution is 2.20. The Kier molecular flexibility index (Phi) is 6.55. The van der Waals surface area contributed by atoms with Crippen molar-refractivity contribution in [2.24, 2.45) is 0 Å². The van der Waals surface area contributed by atoms with E-state index in [2.05, 4.69) is 46.5 Å². The van der Waals surface area contributed by atoms with E-state index in [0.717, 1.165) is 5.56 Å². The van der Waals surface area contributed by atoms with Crippen LogP contribution in [0.5, 0.6) is 0 Å². The Morgan fingerprint density at radius 2 is 1.64 bits per heavy atom. The molecule has 146 valence electrons. The second kappa shape index (κ2) is 9.09. The smallest absolute Gasteiger partial charge is 0.241 e. The van der Waals surface area contributed by atoms with Crippen LogP contribution in [-0.2, 0) is 10.0 Å². The van der Waals surface area contributed by atoms with Gasteiger partial charge in [0.15, 0.2) is 5.82 Å². The van der Waals surface area contributed by atoms with Crippen LogP contribution in [0.3, 0.4) is 0 Å². The van der Waals surface area contributed by atoms with Crippen LogP contribution in [0.25, 0.3) is 0 Å². The second-order valence-corrected chi connectivity index (χ2v) is 8.49. The number of halogens is 1. The fraction of sp³-hybridized carbons (Fsp3) is 0.167. The lowest BCUT2D eigenvalue weighted by molar-refractivity contribution is 0.582. The normalized spacial score (nSPS) is 11.2. The molecule has 3 N–H and O–H groups in total. The zero-order valence-electron chi connectivity index (χ0n) is 15.1. The molecule has 0 aliphatic carbocycles. The summed E-state index contributed by atoms with van der Waals surface area (Å²) in [4.78, 5) is 4.45. The molecule has 0 amide bonds. The minimum absolute atomic E-state index is 0.204. The van der Waals surface area contributed by atoms with Gasteiger partial charge in [0.25, 0.3) is 0 Å². The number of pyridine rings is 1. The van der Waals surface area contributed by atoms with Crippen molar-refractivity contribution in [3.8, 4) is 0 Å². The van der Waals surface area contributed by atoms with Gasteiger partial charge in [-0.3, -0.25) is 0 Å². The van der Waals surface area contributed by atoms with Crippen molar-refractivity contribution >= 4 is 43.4 Å². The molecule has 2 aromatic heterocycles. The van der Waals surface area contributed by atoms with Gasteiger partial charge in [-0.05, 0) is 58.7 Å². The number of hydrogen-bond donors (Lipinski definition) is 3. The molecule has 3 rings (SSSR count). The maximum absolute atomic E-state index is 12.3. The number of hydrogen-bond acceptors (Lipinski definition) is 7. The highest BCUT2D eigenvalue weighted by molar-refractivity contribution is 9.10. The van der Waals surface area contributed by atoms with Crippen LogP contribution < -0.4 is 15.4 Å². The average molecular weight is 463 g/mol. The summed E-state index contributed by atoms with van der Waals surface area (Å²) in [6.45, 7) is 2.54. The standard InChI is InChI=1S/C18H19BrN6O2S/c1-13-6-7-16(21-12-13)23-18-9-8-17(24-25-18)20-10-11-22-28(26,27)15-5-3-2-4-14(15)19/h2-9,12,22H,10-11H2,1H3,(H,20,24)(H,21,23,25). The molecule has 0 radical (unpaired) electrons. The number of aromatic nitrogens is 3. The predicted octanol–water partition coefficient (Wildman–Crippen LogP) is 3.08. The molecule has 28 heavy (non-hydrogen) atoms. The Hall–Kier alpha value is -2.56. The summed E-state index contributed by atoms with van der Waals surface area (Å²) in [6, 6.07) is 14.0. The lowest BCUT2D eigenvalue weighted by atomic mass is 10.3. The number of benzene rings is 1. The van der Waals surface area contributed by atoms with Crippen LogP contribution in [0.15, 0.2) is 64.1 Å². The number of rotatable bonds is 8. The molecule has 8 nitrogen and oxygen atoms in total. The van der Waals surface area contributed by atoms with Crippen molar-refractivity contribution in [2.45, 2.75) is 11.8 Å². The largest absolute Gasteiger partial charge is 0.367 e. The average Bonchev–Trinajstić information content (AvgIpc) is 2.68. The molecule has 10 heteroatoms. The topological polar surface area (TPSA) is 109 Å². The summed E-state index contributed by atoms with van der Waals surface area (Å²) in [5.41, 5.74) is 1.08. The first kappa shape index (κ1) is 20.2. The van der Waals surface area contributed by atoms with Crippen LogP contribution in [0.2, 0.25) is 0 Å². The Balaban J connectivity index is 1.49. The van der Waals surface area contributed by atoms with E-state index in [-0.39, 0.29) is 11.4 Å². The summed E-state index contributed by atoms with van der Waals surface area (Å²) in [7, 11) is -3.58. The Morgan fingerprint density at radius 1 is 0.929 bits per heavy atom. The molecular weight excluding hydrogens is 444 g/mol. The van der Waals surface area contributed by atoms with Gasteiger partial charge in [0.1, 0.15) is 11.6 Å². The summed E-state index contributed by atoms with van der Waals surface area (Å²) >= 11 is 3.25. The van der Waals surface area contributed by atoms with Crippen LogP contribution in [0, 0.1) is 6.92 Å². The van der Waals surface area contributed by atoms with Crippen molar-refractivity contribution < 1.29 is 8.42 Å². The van der Waals surface area contributed by atoms with Gasteiger partial charge in [0.2, 0.25) is 10.0 Å². The maximum Gasteiger partial charge on any atom is 0.241 e. The highest BCUT2D eigenvalue weighted by atomic mass is 79.9. The third-order valence-corrected chi connectivity index (χ3v) is 6.15. The molecule has 0 saturated carbocycles. The number of anilines is 3. The summed E-state index contributed by atoms with van der Waals surface area (Å²) in [5, 5.41) is 14.2. The highest BCUT2D eigenvalue weighted by Gasteiger charge is 2.16. The van der Waals surface area contributed by atoms with Crippen molar-refractivity contribution in [3.63, 3.8) is 0 Å². The SMILES string of the molecule is Cc1ccc(Nc2ccc(NCCNS(=O)(=O)c3ccccc3Br)nn2)nc1. The molecule has 0 fully saturated rings. The van der Waals surface area contributed by atoms with Crippen molar-refractivity contribution in [1.29, 1.82) is 0 Å². The van der Waals surface area contributed by atoms with Gasteiger partial charge < -0.3 is 10.6 Å². The quantitative estimate of drug-likeness (QED) is 0.441. The predicted molar refractivity (Wildman–Crippen MR) is 112 cm³/mol. The fourth-order valence-corrected chi connectivity index (χ4v) is 4.32. The zero-order chi connectivity index (χ0) is 20.0. The van der Waals surface area contributed by atoms with E-state index in [1.807, 2.05) is 19.1 Å². The molecule has 2 heterocycles. The molecule has 0 atom stereocenters. The van der Waals surface area contributed by atoms with Gasteiger partial charge in [-0.2, -0.15) is 0 Å². The van der Waals surface area contributed by atoms with Gasteiger partial charge in [-0.1, -0.05) is 18.2 Å². The first-order valence-corrected chi connectivity index (χ1v) is 10.7. The molecule has 0 aliphatic rings. The Labute approximate surface area is 172 Å². The minimum Gasteiger partial charge on any atom is -0.367 e. The second-order valence-electron chi connectivity index (χ2n) is 5.90. The molecule has 0 unspecified atom stereocenters. The molecular formula is C18H19BrN6O2S. The third-order valence-electron chi connectivity index (χ3n) is 3.68. The van der Waals surface area contributed by atoms with Gasteiger partial charge in [-0.25, -0.2) is 18.1 Å². The third kappa shape index (κ3) is 5.47. The van der Waals surface area contributed by atoms with Crippen molar-refractivity contribution in [1.82, 2.24) is 19.9 Å². The first-order valence-electron chi connectivity index (χ1n) is 8.45. The van der Waals surface area contributed by atoms with Gasteiger partial charge >= 0.3 is 0 Å². The molecule has 3 aromatic rings. The fourth-order valence-electron chi connectivity index (χ4n) is 2.28. The summed E-state index contributed by atoms with van der Waals surface area (Å²) < 4.78 is 27.7. The van der Waals surface area contributed by atoms with Gasteiger partial charge in [-0.15, -0.1) is 10.2 Å². The molecule has 0 aliphatic heterocycles. The van der Waals surface area contributed by atoms with E-state index < -0.39 is 10.0 Å². The summed E-state index contributed by atoms with van der Waals surface area (Å²) in [5.74, 6) is 1.79. The van der Waals surface area contributed by atoms with E-state index >= 15 is 0 Å². The van der Waals surface area contributed by atoms with Gasteiger partial charge in [0, 0.05) is 23.8 Å². The van der Waals surface area contributed by atoms with Crippen LogP contribution in [0.4, 0.5) is 17.5 Å². The van der Waals surface area contributed by atoms with Crippen LogP contribution in [0.1, 0.15) is 5.56 Å².